The molecule has 0 heterocycles. The average Bonchev–Trinajstić information content (AvgIpc) is 2.43. The van der Waals surface area contributed by atoms with Gasteiger partial charge in [-0.2, -0.15) is 0 Å². The van der Waals surface area contributed by atoms with Gasteiger partial charge in [-0.15, -0.1) is 5.92 Å². The van der Waals surface area contributed by atoms with Crippen LogP contribution in [0.15, 0.2) is 0 Å². The second-order valence-electron chi connectivity index (χ2n) is 2.64. The zero-order chi connectivity index (χ0) is 7.72. The van der Waals surface area contributed by atoms with Gasteiger partial charge < -0.3 is 5.11 Å². The van der Waals surface area contributed by atoms with E-state index in [2.05, 4.69) is 11.8 Å². The number of hydrogen-bond acceptors (Lipinski definition) is 1. The first-order valence-electron chi connectivity index (χ1n) is 3.33. The molecular formula is C8H10O2. The first-order valence-corrected chi connectivity index (χ1v) is 3.33. The number of aliphatic carboxylic acids is 1. The maximum absolute atomic E-state index is 10.4. The molecule has 0 aromatic carbocycles. The molecule has 10 heavy (non-hydrogen) atoms. The summed E-state index contributed by atoms with van der Waals surface area (Å²) in [6, 6.07) is 0. The van der Waals surface area contributed by atoms with Crippen molar-refractivity contribution in [1.29, 1.82) is 0 Å². The third kappa shape index (κ3) is 0.995. The number of carboxylic acid groups (broad SMARTS) is 1. The minimum absolute atomic E-state index is 0.113. The normalized spacial score (nSPS) is 36.0. The Balaban J connectivity index is 2.54. The molecular weight excluding hydrogens is 128 g/mol. The second kappa shape index (κ2) is 2.34. The third-order valence-electron chi connectivity index (χ3n) is 1.98. The van der Waals surface area contributed by atoms with Gasteiger partial charge in [-0.3, -0.25) is 4.79 Å². The Labute approximate surface area is 60.2 Å². The van der Waals surface area contributed by atoms with Crippen LogP contribution in [-0.2, 0) is 4.79 Å². The Morgan fingerprint density at radius 1 is 1.60 bits per heavy atom. The lowest BCUT2D eigenvalue weighted by molar-refractivity contribution is -0.139. The Hall–Kier alpha value is -0.970. The Morgan fingerprint density at radius 3 is 2.50 bits per heavy atom. The highest BCUT2D eigenvalue weighted by Gasteiger charge is 2.51. The van der Waals surface area contributed by atoms with Crippen molar-refractivity contribution >= 4 is 5.97 Å². The summed E-state index contributed by atoms with van der Waals surface area (Å²) in [7, 11) is 0. The fraction of sp³-hybridized carbons (Fsp3) is 0.625. The van der Waals surface area contributed by atoms with E-state index in [-0.39, 0.29) is 17.8 Å². The molecule has 1 aliphatic rings. The van der Waals surface area contributed by atoms with Gasteiger partial charge in [0.1, 0.15) is 0 Å². The molecule has 0 aromatic heterocycles. The van der Waals surface area contributed by atoms with E-state index in [0.717, 1.165) is 0 Å². The Kier molecular flexibility index (Phi) is 1.67. The van der Waals surface area contributed by atoms with Crippen LogP contribution in [0.5, 0.6) is 0 Å². The lowest BCUT2D eigenvalue weighted by atomic mass is 10.3. The summed E-state index contributed by atoms with van der Waals surface area (Å²) in [4.78, 5) is 10.4. The summed E-state index contributed by atoms with van der Waals surface area (Å²) in [6.45, 7) is 3.66. The van der Waals surface area contributed by atoms with E-state index in [4.69, 9.17) is 5.11 Å². The van der Waals surface area contributed by atoms with Crippen molar-refractivity contribution in [2.75, 3.05) is 0 Å². The first kappa shape index (κ1) is 7.14. The molecule has 0 spiro atoms. The van der Waals surface area contributed by atoms with Crippen molar-refractivity contribution in [1.82, 2.24) is 0 Å². The topological polar surface area (TPSA) is 37.3 Å². The number of carboxylic acids is 1. The quantitative estimate of drug-likeness (QED) is 0.548. The van der Waals surface area contributed by atoms with Gasteiger partial charge >= 0.3 is 5.97 Å². The maximum atomic E-state index is 10.4. The van der Waals surface area contributed by atoms with Crippen molar-refractivity contribution in [2.45, 2.75) is 13.8 Å². The summed E-state index contributed by atoms with van der Waals surface area (Å²) in [5.74, 6) is 5.06. The second-order valence-corrected chi connectivity index (χ2v) is 2.64. The highest BCUT2D eigenvalue weighted by atomic mass is 16.4. The van der Waals surface area contributed by atoms with Gasteiger partial charge in [-0.1, -0.05) is 12.8 Å². The predicted octanol–water partition coefficient (Wildman–Crippen LogP) is 0.976. The van der Waals surface area contributed by atoms with E-state index < -0.39 is 5.97 Å². The molecule has 0 bridgehead atoms. The fourth-order valence-electron chi connectivity index (χ4n) is 1.23. The van der Waals surface area contributed by atoms with Crippen LogP contribution >= 0.6 is 0 Å². The van der Waals surface area contributed by atoms with Crippen LogP contribution in [-0.4, -0.2) is 11.1 Å². The molecule has 1 aliphatic carbocycles. The van der Waals surface area contributed by atoms with Crippen molar-refractivity contribution in [2.24, 2.45) is 17.8 Å². The van der Waals surface area contributed by atoms with Gasteiger partial charge in [-0.05, 0) is 12.8 Å². The summed E-state index contributed by atoms with van der Waals surface area (Å²) in [5, 5.41) is 8.55. The third-order valence-corrected chi connectivity index (χ3v) is 1.98. The van der Waals surface area contributed by atoms with Crippen LogP contribution in [0.1, 0.15) is 13.8 Å². The molecule has 3 atom stereocenters. The summed E-state index contributed by atoms with van der Waals surface area (Å²) < 4.78 is 0. The molecule has 0 aromatic rings. The summed E-state index contributed by atoms with van der Waals surface area (Å²) >= 11 is 0. The van der Waals surface area contributed by atoms with E-state index in [1.165, 1.54) is 0 Å². The van der Waals surface area contributed by atoms with Crippen LogP contribution in [0.2, 0.25) is 0 Å². The molecule has 2 nitrogen and oxygen atoms in total. The van der Waals surface area contributed by atoms with Crippen molar-refractivity contribution in [3.63, 3.8) is 0 Å². The van der Waals surface area contributed by atoms with E-state index in [1.54, 1.807) is 6.92 Å². The fourth-order valence-corrected chi connectivity index (χ4v) is 1.23. The van der Waals surface area contributed by atoms with Crippen LogP contribution in [0, 0.1) is 29.6 Å². The van der Waals surface area contributed by atoms with Gasteiger partial charge in [0.15, 0.2) is 0 Å². The highest BCUT2D eigenvalue weighted by Crippen LogP contribution is 2.45. The molecule has 54 valence electrons. The first-order chi connectivity index (χ1) is 4.68. The minimum atomic E-state index is -0.708. The van der Waals surface area contributed by atoms with Gasteiger partial charge in [0.05, 0.1) is 5.92 Å². The summed E-state index contributed by atoms with van der Waals surface area (Å²) in [5.41, 5.74) is 0. The van der Waals surface area contributed by atoms with E-state index >= 15 is 0 Å². The molecule has 3 unspecified atom stereocenters. The van der Waals surface area contributed by atoms with Crippen molar-refractivity contribution in [3.8, 4) is 11.8 Å². The molecule has 1 N–H and O–H groups in total. The van der Waals surface area contributed by atoms with Gasteiger partial charge in [-0.25, -0.2) is 0 Å². The van der Waals surface area contributed by atoms with Gasteiger partial charge in [0, 0.05) is 5.92 Å². The molecule has 1 saturated carbocycles. The standard InChI is InChI=1S/C8H10O2/c1-3-4-6-5(2)7(6)8(9)10/h5-7H,1-2H3,(H,9,10). The molecule has 0 amide bonds. The predicted molar refractivity (Wildman–Crippen MR) is 37.2 cm³/mol. The Bertz CT molecular complexity index is 209. The average molecular weight is 138 g/mol. The number of hydrogen-bond donors (Lipinski definition) is 1. The van der Waals surface area contributed by atoms with Crippen LogP contribution in [0.25, 0.3) is 0 Å². The SMILES string of the molecule is CC#CC1C(C)C1C(=O)O. The molecule has 0 saturated heterocycles. The number of rotatable bonds is 1. The minimum Gasteiger partial charge on any atom is -0.481 e. The van der Waals surface area contributed by atoms with E-state index in [0.29, 0.717) is 0 Å². The van der Waals surface area contributed by atoms with Crippen LogP contribution in [0.3, 0.4) is 0 Å². The maximum Gasteiger partial charge on any atom is 0.308 e. The zero-order valence-corrected chi connectivity index (χ0v) is 6.09. The Morgan fingerprint density at radius 2 is 2.20 bits per heavy atom. The van der Waals surface area contributed by atoms with Crippen LogP contribution in [0.4, 0.5) is 0 Å². The summed E-state index contributed by atoms with van der Waals surface area (Å²) in [6.07, 6.45) is 0. The molecule has 0 aliphatic heterocycles. The lowest BCUT2D eigenvalue weighted by Crippen LogP contribution is -1.99. The van der Waals surface area contributed by atoms with Gasteiger partial charge in [0.25, 0.3) is 0 Å². The number of carbonyl (C=O) groups is 1. The smallest absolute Gasteiger partial charge is 0.308 e. The van der Waals surface area contributed by atoms with E-state index in [9.17, 15) is 4.79 Å². The molecule has 0 radical (unpaired) electrons. The van der Waals surface area contributed by atoms with Gasteiger partial charge in [0.2, 0.25) is 0 Å². The monoisotopic (exact) mass is 138 g/mol. The largest absolute Gasteiger partial charge is 0.481 e. The highest BCUT2D eigenvalue weighted by molar-refractivity contribution is 5.75. The van der Waals surface area contributed by atoms with Crippen molar-refractivity contribution < 1.29 is 9.90 Å². The van der Waals surface area contributed by atoms with Crippen LogP contribution < -0.4 is 0 Å². The molecule has 1 rings (SSSR count). The zero-order valence-electron chi connectivity index (χ0n) is 6.09. The molecule has 1 fully saturated rings. The van der Waals surface area contributed by atoms with E-state index in [1.807, 2.05) is 6.92 Å². The molecule has 2 heteroatoms. The van der Waals surface area contributed by atoms with Crippen molar-refractivity contribution in [3.05, 3.63) is 0 Å². The lowest BCUT2D eigenvalue weighted by Gasteiger charge is -1.81.